The Balaban J connectivity index is 2.85. The highest BCUT2D eigenvalue weighted by molar-refractivity contribution is 6.30. The van der Waals surface area contributed by atoms with Crippen LogP contribution < -0.4 is 0 Å². The van der Waals surface area contributed by atoms with Crippen molar-refractivity contribution in [3.8, 4) is 0 Å². The highest BCUT2D eigenvalue weighted by atomic mass is 35.5. The highest BCUT2D eigenvalue weighted by Crippen LogP contribution is 2.27. The SMILES string of the molecule is CCCOC(=O)C(c1ccc(Cl)cc1)C(C)C. The van der Waals surface area contributed by atoms with Crippen LogP contribution in [-0.2, 0) is 9.53 Å². The summed E-state index contributed by atoms with van der Waals surface area (Å²) in [5.41, 5.74) is 0.963. The standard InChI is InChI=1S/C14H19ClO2/c1-4-9-17-14(16)13(10(2)3)11-5-7-12(15)8-6-11/h5-8,10,13H,4,9H2,1-3H3. The van der Waals surface area contributed by atoms with Gasteiger partial charge in [-0.05, 0) is 30.0 Å². The molecule has 0 aliphatic heterocycles. The number of carbonyl (C=O) groups is 1. The van der Waals surface area contributed by atoms with Crippen LogP contribution in [-0.4, -0.2) is 12.6 Å². The molecule has 0 amide bonds. The minimum absolute atomic E-state index is 0.149. The van der Waals surface area contributed by atoms with Crippen LogP contribution in [0.3, 0.4) is 0 Å². The fourth-order valence-corrected chi connectivity index (χ4v) is 1.88. The maximum atomic E-state index is 12.0. The predicted octanol–water partition coefficient (Wildman–Crippen LogP) is 4.03. The van der Waals surface area contributed by atoms with Crippen molar-refractivity contribution in [2.45, 2.75) is 33.1 Å². The minimum Gasteiger partial charge on any atom is -0.465 e. The Hall–Kier alpha value is -1.02. The van der Waals surface area contributed by atoms with Gasteiger partial charge in [0.15, 0.2) is 0 Å². The van der Waals surface area contributed by atoms with Gasteiger partial charge in [-0.2, -0.15) is 0 Å². The zero-order valence-corrected chi connectivity index (χ0v) is 11.3. The number of carbonyl (C=O) groups excluding carboxylic acids is 1. The summed E-state index contributed by atoms with van der Waals surface area (Å²) in [5.74, 6) is -0.150. The molecule has 0 N–H and O–H groups in total. The zero-order chi connectivity index (χ0) is 12.8. The lowest BCUT2D eigenvalue weighted by Gasteiger charge is -2.19. The van der Waals surface area contributed by atoms with Gasteiger partial charge < -0.3 is 4.74 Å². The Morgan fingerprint density at radius 1 is 1.29 bits per heavy atom. The molecular weight excluding hydrogens is 236 g/mol. The maximum absolute atomic E-state index is 12.0. The van der Waals surface area contributed by atoms with Crippen molar-refractivity contribution in [3.63, 3.8) is 0 Å². The first-order valence-corrected chi connectivity index (χ1v) is 6.36. The van der Waals surface area contributed by atoms with E-state index in [0.29, 0.717) is 11.6 Å². The molecule has 1 aromatic rings. The lowest BCUT2D eigenvalue weighted by molar-refractivity contribution is -0.146. The number of esters is 1. The van der Waals surface area contributed by atoms with Gasteiger partial charge in [0.2, 0.25) is 0 Å². The highest BCUT2D eigenvalue weighted by Gasteiger charge is 2.25. The van der Waals surface area contributed by atoms with Crippen LogP contribution in [0.5, 0.6) is 0 Å². The maximum Gasteiger partial charge on any atom is 0.313 e. The Labute approximate surface area is 108 Å². The van der Waals surface area contributed by atoms with Crippen LogP contribution >= 0.6 is 11.6 Å². The van der Waals surface area contributed by atoms with Crippen molar-refractivity contribution in [1.29, 1.82) is 0 Å². The van der Waals surface area contributed by atoms with E-state index in [1.54, 1.807) is 12.1 Å². The minimum atomic E-state index is -0.209. The fraction of sp³-hybridized carbons (Fsp3) is 0.500. The summed E-state index contributed by atoms with van der Waals surface area (Å²) >= 11 is 5.84. The molecular formula is C14H19ClO2. The quantitative estimate of drug-likeness (QED) is 0.742. The summed E-state index contributed by atoms with van der Waals surface area (Å²) in [7, 11) is 0. The number of hydrogen-bond acceptors (Lipinski definition) is 2. The van der Waals surface area contributed by atoms with Crippen molar-refractivity contribution in [1.82, 2.24) is 0 Å². The van der Waals surface area contributed by atoms with E-state index in [1.807, 2.05) is 32.9 Å². The van der Waals surface area contributed by atoms with E-state index in [1.165, 1.54) is 0 Å². The second-order valence-corrected chi connectivity index (χ2v) is 4.88. The van der Waals surface area contributed by atoms with Crippen molar-refractivity contribution in [3.05, 3.63) is 34.9 Å². The van der Waals surface area contributed by atoms with Crippen LogP contribution in [0.2, 0.25) is 5.02 Å². The number of ether oxygens (including phenoxy) is 1. The summed E-state index contributed by atoms with van der Waals surface area (Å²) in [5, 5.41) is 0.679. The lowest BCUT2D eigenvalue weighted by Crippen LogP contribution is -2.21. The molecule has 0 aromatic heterocycles. The normalized spacial score (nSPS) is 12.5. The molecule has 0 bridgehead atoms. The molecule has 1 aromatic carbocycles. The number of hydrogen-bond donors (Lipinski definition) is 0. The molecule has 1 unspecified atom stereocenters. The molecule has 0 saturated carbocycles. The monoisotopic (exact) mass is 254 g/mol. The molecule has 1 rings (SSSR count). The molecule has 0 radical (unpaired) electrons. The van der Waals surface area contributed by atoms with Crippen LogP contribution in [0.25, 0.3) is 0 Å². The molecule has 0 aliphatic rings. The first-order valence-electron chi connectivity index (χ1n) is 5.98. The van der Waals surface area contributed by atoms with E-state index in [-0.39, 0.29) is 17.8 Å². The largest absolute Gasteiger partial charge is 0.465 e. The number of halogens is 1. The van der Waals surface area contributed by atoms with Crippen molar-refractivity contribution in [2.24, 2.45) is 5.92 Å². The first-order chi connectivity index (χ1) is 8.06. The molecule has 94 valence electrons. The van der Waals surface area contributed by atoms with Gasteiger partial charge in [0, 0.05) is 5.02 Å². The van der Waals surface area contributed by atoms with Crippen LogP contribution in [0.15, 0.2) is 24.3 Å². The Bertz CT molecular complexity index is 357. The van der Waals surface area contributed by atoms with Crippen LogP contribution in [0.1, 0.15) is 38.7 Å². The van der Waals surface area contributed by atoms with E-state index in [9.17, 15) is 4.79 Å². The average Bonchev–Trinajstić information content (AvgIpc) is 2.29. The van der Waals surface area contributed by atoms with Gasteiger partial charge in [0.05, 0.1) is 12.5 Å². The fourth-order valence-electron chi connectivity index (χ4n) is 1.76. The molecule has 3 heteroatoms. The summed E-state index contributed by atoms with van der Waals surface area (Å²) in [6, 6.07) is 7.39. The molecule has 0 saturated heterocycles. The smallest absolute Gasteiger partial charge is 0.313 e. The van der Waals surface area contributed by atoms with E-state index in [4.69, 9.17) is 16.3 Å². The van der Waals surface area contributed by atoms with Crippen LogP contribution in [0, 0.1) is 5.92 Å². The van der Waals surface area contributed by atoms with E-state index in [2.05, 4.69) is 0 Å². The Morgan fingerprint density at radius 2 is 1.88 bits per heavy atom. The van der Waals surface area contributed by atoms with Crippen molar-refractivity contribution >= 4 is 17.6 Å². The third kappa shape index (κ3) is 4.04. The van der Waals surface area contributed by atoms with Gasteiger partial charge in [-0.3, -0.25) is 4.79 Å². The molecule has 0 spiro atoms. The van der Waals surface area contributed by atoms with Crippen molar-refractivity contribution in [2.75, 3.05) is 6.61 Å². The Kier molecular flexibility index (Phi) is 5.49. The van der Waals surface area contributed by atoms with Gasteiger partial charge in [-0.25, -0.2) is 0 Å². The van der Waals surface area contributed by atoms with Gasteiger partial charge in [0.1, 0.15) is 0 Å². The molecule has 0 heterocycles. The zero-order valence-electron chi connectivity index (χ0n) is 10.6. The molecule has 17 heavy (non-hydrogen) atoms. The van der Waals surface area contributed by atoms with E-state index < -0.39 is 0 Å². The van der Waals surface area contributed by atoms with Crippen LogP contribution in [0.4, 0.5) is 0 Å². The predicted molar refractivity (Wildman–Crippen MR) is 70.3 cm³/mol. The molecule has 2 nitrogen and oxygen atoms in total. The topological polar surface area (TPSA) is 26.3 Å². The third-order valence-electron chi connectivity index (χ3n) is 2.60. The van der Waals surface area contributed by atoms with Gasteiger partial charge >= 0.3 is 5.97 Å². The lowest BCUT2D eigenvalue weighted by atomic mass is 9.88. The molecule has 1 atom stereocenters. The second kappa shape index (κ2) is 6.65. The van der Waals surface area contributed by atoms with Gasteiger partial charge in [-0.15, -0.1) is 0 Å². The number of rotatable bonds is 5. The van der Waals surface area contributed by atoms with E-state index in [0.717, 1.165) is 12.0 Å². The van der Waals surface area contributed by atoms with E-state index >= 15 is 0 Å². The third-order valence-corrected chi connectivity index (χ3v) is 2.85. The van der Waals surface area contributed by atoms with Crippen molar-refractivity contribution < 1.29 is 9.53 Å². The molecule has 0 fully saturated rings. The van der Waals surface area contributed by atoms with Gasteiger partial charge in [-0.1, -0.05) is 44.5 Å². The second-order valence-electron chi connectivity index (χ2n) is 4.44. The molecule has 0 aliphatic carbocycles. The Morgan fingerprint density at radius 3 is 2.35 bits per heavy atom. The summed E-state index contributed by atoms with van der Waals surface area (Å²) in [6.07, 6.45) is 0.844. The number of benzene rings is 1. The average molecular weight is 255 g/mol. The summed E-state index contributed by atoms with van der Waals surface area (Å²) in [6.45, 7) is 6.51. The summed E-state index contributed by atoms with van der Waals surface area (Å²) in [4.78, 5) is 12.0. The summed E-state index contributed by atoms with van der Waals surface area (Å²) < 4.78 is 5.23. The first kappa shape index (κ1) is 14.0. The van der Waals surface area contributed by atoms with Gasteiger partial charge in [0.25, 0.3) is 0 Å².